The highest BCUT2D eigenvalue weighted by Gasteiger charge is 2.33. The summed E-state index contributed by atoms with van der Waals surface area (Å²) in [6, 6.07) is 15.8. The van der Waals surface area contributed by atoms with Crippen molar-refractivity contribution in [3.8, 4) is 0 Å². The highest BCUT2D eigenvalue weighted by molar-refractivity contribution is 7.14. The number of nitrogens with zero attached hydrogens (tertiary/aromatic N) is 1. The molecular weight excluding hydrogens is 635 g/mol. The van der Waals surface area contributed by atoms with Crippen molar-refractivity contribution in [1.29, 1.82) is 0 Å². The van der Waals surface area contributed by atoms with Gasteiger partial charge in [0.25, 0.3) is 0 Å². The molecule has 0 saturated carbocycles. The molecule has 50 heavy (non-hydrogen) atoms. The third-order valence-electron chi connectivity index (χ3n) is 10.8. The maximum absolute atomic E-state index is 2.75. The van der Waals surface area contributed by atoms with Gasteiger partial charge >= 0.3 is 0 Å². The average Bonchev–Trinajstić information content (AvgIpc) is 3.01. The molecule has 0 fully saturated rings. The van der Waals surface area contributed by atoms with E-state index in [4.69, 9.17) is 0 Å². The highest BCUT2D eigenvalue weighted by Crippen LogP contribution is 2.31. The van der Waals surface area contributed by atoms with Crippen molar-refractivity contribution < 1.29 is 0 Å². The lowest BCUT2D eigenvalue weighted by Crippen LogP contribution is -2.57. The first-order valence-corrected chi connectivity index (χ1v) is 24.0. The maximum Gasteiger partial charge on any atom is 0.143 e. The van der Waals surface area contributed by atoms with Crippen molar-refractivity contribution in [2.75, 3.05) is 14.1 Å². The molecular formula is C47H75NSi2. The first-order chi connectivity index (χ1) is 23.1. The van der Waals surface area contributed by atoms with E-state index in [0.29, 0.717) is 53.3 Å². The fourth-order valence-electron chi connectivity index (χ4n) is 7.65. The van der Waals surface area contributed by atoms with Crippen molar-refractivity contribution in [1.82, 2.24) is 4.57 Å². The summed E-state index contributed by atoms with van der Waals surface area (Å²) in [7, 11) is 2.16. The molecule has 0 aliphatic rings. The molecule has 0 aromatic heterocycles. The molecule has 0 atom stereocenters. The molecule has 0 saturated heterocycles. The van der Waals surface area contributed by atoms with Gasteiger partial charge in [-0.3, -0.25) is 0 Å². The van der Waals surface area contributed by atoms with Crippen molar-refractivity contribution >= 4 is 31.5 Å². The van der Waals surface area contributed by atoms with Gasteiger partial charge < -0.3 is 4.57 Å². The van der Waals surface area contributed by atoms with Gasteiger partial charge in [0.05, 0.1) is 7.89 Å². The molecule has 0 amide bonds. The standard InChI is InChI=1S/C47H75NSi2/c1-27(2)36-21-39(30(7)8)45(40(22-36)31(9)10)49(46-41(32(11)12)23-37(28(3)4)24-42(46)33(13)14)50(48(19)20)47-43(34(15)16)25-38(29(5)6)26-44(47)35(17)18/h21-35H,1-20H3. The molecule has 0 unspecified atom stereocenters. The van der Waals surface area contributed by atoms with Crippen LogP contribution in [0.5, 0.6) is 0 Å². The van der Waals surface area contributed by atoms with Gasteiger partial charge in [-0.25, -0.2) is 0 Å². The second kappa shape index (κ2) is 17.1. The summed E-state index contributed by atoms with van der Waals surface area (Å²) in [5.41, 5.74) is 14.1. The van der Waals surface area contributed by atoms with E-state index in [-0.39, 0.29) is 0 Å². The first kappa shape index (κ1) is 42.3. The van der Waals surface area contributed by atoms with Crippen molar-refractivity contribution in [2.24, 2.45) is 0 Å². The summed E-state index contributed by atoms with van der Waals surface area (Å²) in [5.74, 6) is 4.21. The van der Waals surface area contributed by atoms with E-state index in [1.165, 1.54) is 16.7 Å². The largest absolute Gasteiger partial charge is 0.412 e. The van der Waals surface area contributed by atoms with E-state index in [1.54, 1.807) is 48.9 Å². The van der Waals surface area contributed by atoms with E-state index >= 15 is 0 Å². The second-order valence-corrected chi connectivity index (χ2v) is 25.0. The zero-order valence-electron chi connectivity index (χ0n) is 36.1. The van der Waals surface area contributed by atoms with Crippen molar-refractivity contribution in [3.05, 3.63) is 86.5 Å². The number of benzene rings is 3. The number of rotatable bonds is 13. The lowest BCUT2D eigenvalue weighted by molar-refractivity contribution is 0.663. The summed E-state index contributed by atoms with van der Waals surface area (Å²) < 4.78 is 2.75. The van der Waals surface area contributed by atoms with Crippen LogP contribution in [0.15, 0.2) is 36.4 Å². The zero-order valence-corrected chi connectivity index (χ0v) is 38.1. The molecule has 0 heterocycles. The highest BCUT2D eigenvalue weighted by atomic mass is 28.9. The van der Waals surface area contributed by atoms with Gasteiger partial charge in [0.1, 0.15) is 8.05 Å². The Morgan fingerprint density at radius 1 is 0.320 bits per heavy atom. The second-order valence-electron chi connectivity index (χ2n) is 18.2. The Labute approximate surface area is 313 Å². The number of hydrogen-bond acceptors (Lipinski definition) is 1. The Kier molecular flexibility index (Phi) is 14.5. The molecule has 0 aliphatic heterocycles. The van der Waals surface area contributed by atoms with Gasteiger partial charge in [-0.1, -0.05) is 161 Å². The predicted molar refractivity (Wildman–Crippen MR) is 230 cm³/mol. The zero-order chi connectivity index (χ0) is 38.1. The van der Waals surface area contributed by atoms with E-state index in [0.717, 1.165) is 0 Å². The fraction of sp³-hybridized carbons (Fsp3) is 0.617. The normalized spacial score (nSPS) is 12.4. The van der Waals surface area contributed by atoms with Gasteiger partial charge in [-0.2, -0.15) is 0 Å². The first-order valence-electron chi connectivity index (χ1n) is 20.1. The summed E-state index contributed by atoms with van der Waals surface area (Å²) >= 11 is 0. The Bertz CT molecular complexity index is 1500. The average molecular weight is 710 g/mol. The summed E-state index contributed by atoms with van der Waals surface area (Å²) in [5, 5.41) is 5.16. The van der Waals surface area contributed by atoms with Crippen LogP contribution in [0.3, 0.4) is 0 Å². The topological polar surface area (TPSA) is 3.24 Å². The van der Waals surface area contributed by atoms with Crippen LogP contribution in [0.25, 0.3) is 0 Å². The molecule has 0 N–H and O–H groups in total. The fourth-order valence-corrected chi connectivity index (χ4v) is 19.5. The SMILES string of the molecule is CC(C)c1cc(C(C)C)c([Si](c2c(C(C)C)cc(C(C)C)cc2C(C)C)=[Si](c2c(C(C)C)cc(C(C)C)cc2C(C)C)N(C)C)c(C(C)C)c1. The van der Waals surface area contributed by atoms with Crippen LogP contribution >= 0.6 is 0 Å². The lowest BCUT2D eigenvalue weighted by atomic mass is 9.89. The minimum absolute atomic E-state index is 0.448. The summed E-state index contributed by atoms with van der Waals surface area (Å²) in [6.45, 7) is 43.7. The monoisotopic (exact) mass is 710 g/mol. The molecule has 0 radical (unpaired) electrons. The lowest BCUT2D eigenvalue weighted by Gasteiger charge is -2.34. The van der Waals surface area contributed by atoms with Crippen LogP contribution in [-0.4, -0.2) is 34.6 Å². The minimum Gasteiger partial charge on any atom is -0.412 e. The Morgan fingerprint density at radius 3 is 0.680 bits per heavy atom. The van der Waals surface area contributed by atoms with Gasteiger partial charge in [-0.15, -0.1) is 0 Å². The Morgan fingerprint density at radius 2 is 0.520 bits per heavy atom. The van der Waals surface area contributed by atoms with E-state index in [2.05, 4.69) is 180 Å². The Hall–Kier alpha value is -2.11. The molecule has 3 aromatic carbocycles. The third kappa shape index (κ3) is 8.91. The number of hydrogen-bond donors (Lipinski definition) is 0. The molecule has 3 aromatic rings. The molecule has 0 bridgehead atoms. The van der Waals surface area contributed by atoms with Crippen LogP contribution in [0.4, 0.5) is 0 Å². The smallest absolute Gasteiger partial charge is 0.143 e. The van der Waals surface area contributed by atoms with Gasteiger partial charge in [0.2, 0.25) is 0 Å². The van der Waals surface area contributed by atoms with Crippen molar-refractivity contribution in [3.63, 3.8) is 0 Å². The molecule has 1 nitrogen and oxygen atoms in total. The minimum atomic E-state index is -1.39. The van der Waals surface area contributed by atoms with E-state index in [9.17, 15) is 0 Å². The summed E-state index contributed by atoms with van der Waals surface area (Å²) in [6.07, 6.45) is 0. The van der Waals surface area contributed by atoms with Gasteiger partial charge in [0.15, 0.2) is 0 Å². The third-order valence-corrected chi connectivity index (χ3v) is 20.4. The van der Waals surface area contributed by atoms with E-state index in [1.807, 2.05) is 0 Å². The quantitative estimate of drug-likeness (QED) is 0.160. The molecule has 0 aliphatic carbocycles. The molecule has 3 rings (SSSR count). The van der Waals surface area contributed by atoms with Gasteiger partial charge in [-0.05, 0) is 133 Å². The molecule has 3 heteroatoms. The van der Waals surface area contributed by atoms with E-state index < -0.39 is 15.9 Å². The Balaban J connectivity index is 3.00. The van der Waals surface area contributed by atoms with Crippen LogP contribution in [-0.2, 0) is 0 Å². The van der Waals surface area contributed by atoms with Crippen LogP contribution in [0, 0.1) is 0 Å². The summed E-state index contributed by atoms with van der Waals surface area (Å²) in [4.78, 5) is 0. The van der Waals surface area contributed by atoms with Gasteiger partial charge in [0, 0.05) is 0 Å². The molecule has 0 spiro atoms. The predicted octanol–water partition coefficient (Wildman–Crippen LogP) is 11.9. The maximum atomic E-state index is 2.75. The van der Waals surface area contributed by atoms with Crippen LogP contribution < -0.4 is 15.6 Å². The van der Waals surface area contributed by atoms with Crippen LogP contribution in [0.2, 0.25) is 0 Å². The van der Waals surface area contributed by atoms with Crippen molar-refractivity contribution in [2.45, 2.75) is 178 Å². The molecule has 276 valence electrons. The van der Waals surface area contributed by atoms with Crippen LogP contribution in [0.1, 0.15) is 228 Å².